The second kappa shape index (κ2) is 6.83. The second-order valence-corrected chi connectivity index (χ2v) is 5.45. The minimum absolute atomic E-state index is 0.237. The summed E-state index contributed by atoms with van der Waals surface area (Å²) in [6.45, 7) is 1.37. The number of benzene rings is 1. The Morgan fingerprint density at radius 2 is 2.05 bits per heavy atom. The lowest BCUT2D eigenvalue weighted by Gasteiger charge is -2.20. The van der Waals surface area contributed by atoms with Crippen LogP contribution in [0.3, 0.4) is 0 Å². The van der Waals surface area contributed by atoms with Gasteiger partial charge in [0.1, 0.15) is 0 Å². The van der Waals surface area contributed by atoms with Gasteiger partial charge in [0.2, 0.25) is 5.89 Å². The van der Waals surface area contributed by atoms with Gasteiger partial charge in [-0.15, -0.1) is 0 Å². The topological polar surface area (TPSA) is 74.2 Å². The molecule has 0 aliphatic carbocycles. The van der Waals surface area contributed by atoms with Gasteiger partial charge >= 0.3 is 0 Å². The van der Waals surface area contributed by atoms with Crippen molar-refractivity contribution in [1.29, 1.82) is 0 Å². The highest BCUT2D eigenvalue weighted by atomic mass is 16.5. The van der Waals surface area contributed by atoms with E-state index in [2.05, 4.69) is 16.2 Å². The fraction of sp³-hybridized carbons (Fsp3) is 0.500. The second-order valence-electron chi connectivity index (χ2n) is 5.45. The molecule has 1 aromatic heterocycles. The van der Waals surface area contributed by atoms with Crippen LogP contribution in [-0.2, 0) is 24.1 Å². The van der Waals surface area contributed by atoms with Gasteiger partial charge in [-0.25, -0.2) is 0 Å². The molecule has 2 N–H and O–H groups in total. The van der Waals surface area contributed by atoms with Crippen molar-refractivity contribution >= 4 is 0 Å². The van der Waals surface area contributed by atoms with E-state index in [1.54, 1.807) is 0 Å². The van der Waals surface area contributed by atoms with Crippen LogP contribution in [0.25, 0.3) is 0 Å². The minimum Gasteiger partial charge on any atom is -0.378 e. The maximum absolute atomic E-state index is 5.75. The van der Waals surface area contributed by atoms with Gasteiger partial charge in [-0.2, -0.15) is 4.98 Å². The van der Waals surface area contributed by atoms with Crippen LogP contribution in [0, 0.1) is 0 Å². The first-order chi connectivity index (χ1) is 10.3. The fourth-order valence-corrected chi connectivity index (χ4v) is 2.71. The maximum Gasteiger partial charge on any atom is 0.231 e. The van der Waals surface area contributed by atoms with Crippen molar-refractivity contribution in [3.05, 3.63) is 47.1 Å². The van der Waals surface area contributed by atoms with Crippen molar-refractivity contribution in [2.75, 3.05) is 6.61 Å². The van der Waals surface area contributed by atoms with Gasteiger partial charge in [0.25, 0.3) is 0 Å². The Balaban J connectivity index is 1.64. The van der Waals surface area contributed by atoms with Crippen molar-refractivity contribution in [2.24, 2.45) is 5.73 Å². The maximum atomic E-state index is 5.75. The standard InChI is InChI=1S/C16H21N3O2/c17-11-13-6-2-1-5-12(13)9-16-18-15(19-21-16)10-14-7-3-4-8-20-14/h1-2,5-6,14H,3-4,7-11,17H2. The van der Waals surface area contributed by atoms with Crippen molar-refractivity contribution in [2.45, 2.75) is 44.8 Å². The zero-order chi connectivity index (χ0) is 14.5. The van der Waals surface area contributed by atoms with Gasteiger partial charge in [-0.3, -0.25) is 0 Å². The molecule has 3 rings (SSSR count). The Hall–Kier alpha value is -1.72. The molecule has 1 saturated heterocycles. The number of rotatable bonds is 5. The van der Waals surface area contributed by atoms with E-state index < -0.39 is 0 Å². The number of hydrogen-bond donors (Lipinski definition) is 1. The van der Waals surface area contributed by atoms with Gasteiger partial charge in [-0.1, -0.05) is 29.4 Å². The first-order valence-corrected chi connectivity index (χ1v) is 7.55. The van der Waals surface area contributed by atoms with E-state index in [1.165, 1.54) is 6.42 Å². The highest BCUT2D eigenvalue weighted by Crippen LogP contribution is 2.17. The summed E-state index contributed by atoms with van der Waals surface area (Å²) in [6.07, 6.45) is 5.07. The molecule has 0 amide bonds. The van der Waals surface area contributed by atoms with E-state index in [4.69, 9.17) is 15.0 Å². The minimum atomic E-state index is 0.237. The van der Waals surface area contributed by atoms with E-state index in [0.29, 0.717) is 18.9 Å². The quantitative estimate of drug-likeness (QED) is 0.912. The van der Waals surface area contributed by atoms with Crippen molar-refractivity contribution < 1.29 is 9.26 Å². The Morgan fingerprint density at radius 3 is 2.81 bits per heavy atom. The summed E-state index contributed by atoms with van der Waals surface area (Å²) in [5.74, 6) is 1.38. The first kappa shape index (κ1) is 14.2. The summed E-state index contributed by atoms with van der Waals surface area (Å²) in [5.41, 5.74) is 8.01. The lowest BCUT2D eigenvalue weighted by atomic mass is 10.0. The molecule has 5 heteroatoms. The summed E-state index contributed by atoms with van der Waals surface area (Å²) in [5, 5.41) is 4.06. The molecule has 1 unspecified atom stereocenters. The van der Waals surface area contributed by atoms with E-state index in [-0.39, 0.29) is 6.10 Å². The third-order valence-corrected chi connectivity index (χ3v) is 3.87. The average molecular weight is 287 g/mol. The number of hydrogen-bond acceptors (Lipinski definition) is 5. The molecule has 0 radical (unpaired) electrons. The number of nitrogens with two attached hydrogens (primary N) is 1. The molecule has 0 spiro atoms. The summed E-state index contributed by atoms with van der Waals surface area (Å²) >= 11 is 0. The zero-order valence-electron chi connectivity index (χ0n) is 12.1. The molecule has 21 heavy (non-hydrogen) atoms. The smallest absolute Gasteiger partial charge is 0.231 e. The lowest BCUT2D eigenvalue weighted by Crippen LogP contribution is -2.21. The van der Waals surface area contributed by atoms with Crippen molar-refractivity contribution in [3.63, 3.8) is 0 Å². The third kappa shape index (κ3) is 3.68. The van der Waals surface area contributed by atoms with Crippen LogP contribution in [0.5, 0.6) is 0 Å². The molecular formula is C16H21N3O2. The Kier molecular flexibility index (Phi) is 4.62. The first-order valence-electron chi connectivity index (χ1n) is 7.55. The van der Waals surface area contributed by atoms with Crippen LogP contribution in [0.4, 0.5) is 0 Å². The van der Waals surface area contributed by atoms with E-state index in [9.17, 15) is 0 Å². The van der Waals surface area contributed by atoms with Crippen molar-refractivity contribution in [3.8, 4) is 0 Å². The predicted octanol–water partition coefficient (Wildman–Crippen LogP) is 2.23. The van der Waals surface area contributed by atoms with Crippen LogP contribution in [0.2, 0.25) is 0 Å². The molecule has 2 heterocycles. The molecule has 1 aliphatic heterocycles. The third-order valence-electron chi connectivity index (χ3n) is 3.87. The van der Waals surface area contributed by atoms with E-state index in [1.807, 2.05) is 18.2 Å². The monoisotopic (exact) mass is 287 g/mol. The van der Waals surface area contributed by atoms with Gasteiger partial charge in [0, 0.05) is 19.6 Å². The largest absolute Gasteiger partial charge is 0.378 e. The van der Waals surface area contributed by atoms with Crippen LogP contribution in [0.15, 0.2) is 28.8 Å². The molecule has 1 atom stereocenters. The van der Waals surface area contributed by atoms with E-state index >= 15 is 0 Å². The Labute approximate surface area is 124 Å². The van der Waals surface area contributed by atoms with Crippen LogP contribution in [0.1, 0.15) is 42.1 Å². The highest BCUT2D eigenvalue weighted by molar-refractivity contribution is 5.29. The molecule has 1 fully saturated rings. The number of aromatic nitrogens is 2. The van der Waals surface area contributed by atoms with Gasteiger partial charge < -0.3 is 15.0 Å². The van der Waals surface area contributed by atoms with Crippen LogP contribution < -0.4 is 5.73 Å². The van der Waals surface area contributed by atoms with Crippen LogP contribution in [-0.4, -0.2) is 22.9 Å². The zero-order valence-corrected chi connectivity index (χ0v) is 12.1. The fourth-order valence-electron chi connectivity index (χ4n) is 2.71. The number of nitrogens with zero attached hydrogens (tertiary/aromatic N) is 2. The molecule has 5 nitrogen and oxygen atoms in total. The lowest BCUT2D eigenvalue weighted by molar-refractivity contribution is 0.0153. The molecule has 1 aromatic carbocycles. The Morgan fingerprint density at radius 1 is 1.19 bits per heavy atom. The molecule has 112 valence electrons. The summed E-state index contributed by atoms with van der Waals surface area (Å²) in [6, 6.07) is 8.08. The molecule has 0 saturated carbocycles. The highest BCUT2D eigenvalue weighted by Gasteiger charge is 2.18. The van der Waals surface area contributed by atoms with Gasteiger partial charge in [0.05, 0.1) is 12.5 Å². The molecule has 1 aliphatic rings. The average Bonchev–Trinajstić information content (AvgIpc) is 2.96. The summed E-state index contributed by atoms with van der Waals surface area (Å²) in [7, 11) is 0. The summed E-state index contributed by atoms with van der Waals surface area (Å²) < 4.78 is 11.1. The van der Waals surface area contributed by atoms with Gasteiger partial charge in [-0.05, 0) is 30.4 Å². The molecule has 0 bridgehead atoms. The molecule has 2 aromatic rings. The number of ether oxygens (including phenoxy) is 1. The Bertz CT molecular complexity index is 576. The van der Waals surface area contributed by atoms with Crippen molar-refractivity contribution in [1.82, 2.24) is 10.1 Å². The van der Waals surface area contributed by atoms with E-state index in [0.717, 1.165) is 42.8 Å². The summed E-state index contributed by atoms with van der Waals surface area (Å²) in [4.78, 5) is 4.48. The predicted molar refractivity (Wildman–Crippen MR) is 78.7 cm³/mol. The normalized spacial score (nSPS) is 18.8. The van der Waals surface area contributed by atoms with Gasteiger partial charge in [0.15, 0.2) is 5.82 Å². The SMILES string of the molecule is NCc1ccccc1Cc1nc(CC2CCCCO2)no1. The molecular weight excluding hydrogens is 266 g/mol. The van der Waals surface area contributed by atoms with Crippen LogP contribution >= 0.6 is 0 Å².